The molecule has 0 atom stereocenters. The molecule has 6 heteroatoms. The number of non-ortho nitro benzene ring substituents is 1. The molecule has 18 heavy (non-hydrogen) atoms. The van der Waals surface area contributed by atoms with Crippen LogP contribution in [0.15, 0.2) is 30.5 Å². The van der Waals surface area contributed by atoms with Gasteiger partial charge < -0.3 is 4.74 Å². The standard InChI is InChI=1S/C12H10N2O4/c1-2-11(15)18-10-7-9(14(16)17)6-8-4-3-5-13-12(8)10/h3-7H,2H2,1H3. The van der Waals surface area contributed by atoms with Crippen LogP contribution in [0.2, 0.25) is 0 Å². The molecule has 1 heterocycles. The summed E-state index contributed by atoms with van der Waals surface area (Å²) in [4.78, 5) is 25.6. The number of hydrogen-bond acceptors (Lipinski definition) is 5. The number of carbonyl (C=O) groups excluding carboxylic acids is 1. The number of ether oxygens (including phenoxy) is 1. The number of fused-ring (bicyclic) bond motifs is 1. The first-order valence-corrected chi connectivity index (χ1v) is 5.35. The summed E-state index contributed by atoms with van der Waals surface area (Å²) < 4.78 is 5.06. The molecule has 0 radical (unpaired) electrons. The van der Waals surface area contributed by atoms with Gasteiger partial charge >= 0.3 is 5.97 Å². The zero-order chi connectivity index (χ0) is 13.1. The largest absolute Gasteiger partial charge is 0.424 e. The van der Waals surface area contributed by atoms with Crippen LogP contribution in [-0.4, -0.2) is 15.9 Å². The van der Waals surface area contributed by atoms with E-state index in [0.717, 1.165) is 0 Å². The van der Waals surface area contributed by atoms with Gasteiger partial charge in [0.2, 0.25) is 0 Å². The normalized spacial score (nSPS) is 10.3. The maximum absolute atomic E-state index is 11.3. The molecule has 92 valence electrons. The van der Waals surface area contributed by atoms with Crippen LogP contribution in [0, 0.1) is 10.1 Å². The van der Waals surface area contributed by atoms with Gasteiger partial charge in [-0.15, -0.1) is 0 Å². The van der Waals surface area contributed by atoms with E-state index in [1.165, 1.54) is 18.3 Å². The SMILES string of the molecule is CCC(=O)Oc1cc([N+](=O)[O-])cc2cccnc12. The lowest BCUT2D eigenvalue weighted by Crippen LogP contribution is -2.06. The third-order valence-electron chi connectivity index (χ3n) is 2.38. The van der Waals surface area contributed by atoms with Gasteiger partial charge in [0.1, 0.15) is 5.52 Å². The number of hydrogen-bond donors (Lipinski definition) is 0. The molecule has 1 aromatic carbocycles. The monoisotopic (exact) mass is 246 g/mol. The smallest absolute Gasteiger partial charge is 0.310 e. The third kappa shape index (κ3) is 2.27. The van der Waals surface area contributed by atoms with Gasteiger partial charge in [-0.25, -0.2) is 0 Å². The molecular weight excluding hydrogens is 236 g/mol. The van der Waals surface area contributed by atoms with E-state index in [2.05, 4.69) is 4.98 Å². The van der Waals surface area contributed by atoms with Crippen LogP contribution in [0.3, 0.4) is 0 Å². The number of aromatic nitrogens is 1. The Morgan fingerprint density at radius 3 is 2.94 bits per heavy atom. The topological polar surface area (TPSA) is 82.3 Å². The van der Waals surface area contributed by atoms with Gasteiger partial charge in [0, 0.05) is 24.1 Å². The minimum Gasteiger partial charge on any atom is -0.424 e. The number of nitro groups is 1. The van der Waals surface area contributed by atoms with Crippen LogP contribution in [0.4, 0.5) is 5.69 Å². The van der Waals surface area contributed by atoms with E-state index in [1.807, 2.05) is 0 Å². The summed E-state index contributed by atoms with van der Waals surface area (Å²) in [5, 5.41) is 11.4. The molecule has 1 aromatic heterocycles. The minimum atomic E-state index is -0.532. The second-order valence-corrected chi connectivity index (χ2v) is 3.60. The molecule has 2 aromatic rings. The lowest BCUT2D eigenvalue weighted by molar-refractivity contribution is -0.384. The van der Waals surface area contributed by atoms with Crippen LogP contribution < -0.4 is 4.74 Å². The van der Waals surface area contributed by atoms with E-state index < -0.39 is 10.9 Å². The van der Waals surface area contributed by atoms with Gasteiger partial charge in [0.15, 0.2) is 5.75 Å². The quantitative estimate of drug-likeness (QED) is 0.359. The predicted molar refractivity (Wildman–Crippen MR) is 64.3 cm³/mol. The fourth-order valence-electron chi connectivity index (χ4n) is 1.52. The second-order valence-electron chi connectivity index (χ2n) is 3.60. The molecule has 0 saturated heterocycles. The van der Waals surface area contributed by atoms with Crippen LogP contribution >= 0.6 is 0 Å². The maximum atomic E-state index is 11.3. The van der Waals surface area contributed by atoms with Gasteiger partial charge in [0.25, 0.3) is 5.69 Å². The Labute approximate surface area is 102 Å². The molecular formula is C12H10N2O4. The highest BCUT2D eigenvalue weighted by molar-refractivity contribution is 5.89. The summed E-state index contributed by atoms with van der Waals surface area (Å²) in [6.07, 6.45) is 1.73. The fraction of sp³-hybridized carbons (Fsp3) is 0.167. The average molecular weight is 246 g/mol. The summed E-state index contributed by atoms with van der Waals surface area (Å²) in [6.45, 7) is 1.65. The summed E-state index contributed by atoms with van der Waals surface area (Å²) in [6, 6.07) is 5.95. The van der Waals surface area contributed by atoms with E-state index >= 15 is 0 Å². The zero-order valence-corrected chi connectivity index (χ0v) is 9.62. The lowest BCUT2D eigenvalue weighted by Gasteiger charge is -2.06. The molecule has 0 spiro atoms. The van der Waals surface area contributed by atoms with Gasteiger partial charge in [-0.2, -0.15) is 0 Å². The highest BCUT2D eigenvalue weighted by Crippen LogP contribution is 2.29. The molecule has 0 amide bonds. The van der Waals surface area contributed by atoms with Gasteiger partial charge in [0.05, 0.1) is 11.0 Å². The van der Waals surface area contributed by atoms with Crippen LogP contribution in [0.1, 0.15) is 13.3 Å². The van der Waals surface area contributed by atoms with Gasteiger partial charge in [-0.3, -0.25) is 19.9 Å². The van der Waals surface area contributed by atoms with E-state index in [1.54, 1.807) is 19.1 Å². The molecule has 0 N–H and O–H groups in total. The Kier molecular flexibility index (Phi) is 3.18. The predicted octanol–water partition coefficient (Wildman–Crippen LogP) is 2.46. The zero-order valence-electron chi connectivity index (χ0n) is 9.62. The molecule has 0 aliphatic carbocycles. The Morgan fingerprint density at radius 1 is 1.50 bits per heavy atom. The van der Waals surface area contributed by atoms with Gasteiger partial charge in [-0.05, 0) is 6.07 Å². The van der Waals surface area contributed by atoms with Crippen LogP contribution in [-0.2, 0) is 4.79 Å². The van der Waals surface area contributed by atoms with E-state index in [0.29, 0.717) is 10.9 Å². The van der Waals surface area contributed by atoms with Crippen molar-refractivity contribution in [3.8, 4) is 5.75 Å². The van der Waals surface area contributed by atoms with E-state index in [-0.39, 0.29) is 17.9 Å². The molecule has 0 fully saturated rings. The van der Waals surface area contributed by atoms with Crippen molar-refractivity contribution in [3.63, 3.8) is 0 Å². The van der Waals surface area contributed by atoms with Crippen molar-refractivity contribution in [2.24, 2.45) is 0 Å². The fourth-order valence-corrected chi connectivity index (χ4v) is 1.52. The first-order valence-electron chi connectivity index (χ1n) is 5.35. The third-order valence-corrected chi connectivity index (χ3v) is 2.38. The van der Waals surface area contributed by atoms with Crippen molar-refractivity contribution in [2.75, 3.05) is 0 Å². The molecule has 6 nitrogen and oxygen atoms in total. The number of pyridine rings is 1. The lowest BCUT2D eigenvalue weighted by atomic mass is 10.2. The number of benzene rings is 1. The Hall–Kier alpha value is -2.50. The highest BCUT2D eigenvalue weighted by Gasteiger charge is 2.15. The van der Waals surface area contributed by atoms with Crippen LogP contribution in [0.25, 0.3) is 10.9 Å². The average Bonchev–Trinajstić information content (AvgIpc) is 2.38. The van der Waals surface area contributed by atoms with Crippen LogP contribution in [0.5, 0.6) is 5.75 Å². The Morgan fingerprint density at radius 2 is 2.28 bits per heavy atom. The summed E-state index contributed by atoms with van der Waals surface area (Å²) >= 11 is 0. The van der Waals surface area contributed by atoms with Crippen molar-refractivity contribution in [1.82, 2.24) is 4.98 Å². The van der Waals surface area contributed by atoms with E-state index in [9.17, 15) is 14.9 Å². The highest BCUT2D eigenvalue weighted by atomic mass is 16.6. The van der Waals surface area contributed by atoms with Gasteiger partial charge in [-0.1, -0.05) is 13.0 Å². The van der Waals surface area contributed by atoms with Crippen molar-refractivity contribution in [3.05, 3.63) is 40.6 Å². The van der Waals surface area contributed by atoms with E-state index in [4.69, 9.17) is 4.74 Å². The first kappa shape index (κ1) is 12.0. The number of carbonyl (C=O) groups is 1. The minimum absolute atomic E-state index is 0.117. The summed E-state index contributed by atoms with van der Waals surface area (Å²) in [5.74, 6) is -0.339. The molecule has 0 bridgehead atoms. The molecule has 0 saturated carbocycles. The summed E-state index contributed by atoms with van der Waals surface area (Å²) in [7, 11) is 0. The number of nitro benzene ring substituents is 1. The molecule has 0 unspecified atom stereocenters. The van der Waals surface area contributed by atoms with Crippen molar-refractivity contribution >= 4 is 22.6 Å². The number of esters is 1. The Bertz CT molecular complexity index is 625. The molecule has 0 aliphatic rings. The number of nitrogens with zero attached hydrogens (tertiary/aromatic N) is 2. The molecule has 0 aliphatic heterocycles. The molecule has 2 rings (SSSR count). The first-order chi connectivity index (χ1) is 8.61. The summed E-state index contributed by atoms with van der Waals surface area (Å²) in [5.41, 5.74) is 0.305. The maximum Gasteiger partial charge on any atom is 0.310 e. The Balaban J connectivity index is 2.60. The second kappa shape index (κ2) is 4.79. The number of rotatable bonds is 3. The van der Waals surface area contributed by atoms with Crippen molar-refractivity contribution in [2.45, 2.75) is 13.3 Å². The van der Waals surface area contributed by atoms with Crippen molar-refractivity contribution in [1.29, 1.82) is 0 Å². The van der Waals surface area contributed by atoms with Crippen molar-refractivity contribution < 1.29 is 14.5 Å².